The summed E-state index contributed by atoms with van der Waals surface area (Å²) in [5, 5.41) is 0.765. The Kier molecular flexibility index (Phi) is 6.65. The molecule has 1 aromatic carbocycles. The molecule has 3 nitrogen and oxygen atoms in total. The van der Waals surface area contributed by atoms with Gasteiger partial charge in [-0.15, -0.1) is 0 Å². The van der Waals surface area contributed by atoms with Gasteiger partial charge in [-0.25, -0.2) is 0 Å². The van der Waals surface area contributed by atoms with Crippen molar-refractivity contribution in [3.05, 3.63) is 34.9 Å². The lowest BCUT2D eigenvalue weighted by Gasteiger charge is -2.21. The smallest absolute Gasteiger partial charge is 0.0453 e. The van der Waals surface area contributed by atoms with Crippen molar-refractivity contribution in [3.8, 4) is 0 Å². The van der Waals surface area contributed by atoms with Crippen molar-refractivity contribution in [2.45, 2.75) is 12.5 Å². The maximum absolute atomic E-state index is 6.18. The van der Waals surface area contributed by atoms with E-state index in [4.69, 9.17) is 17.3 Å². The largest absolute Gasteiger partial charge is 0.324 e. The van der Waals surface area contributed by atoms with E-state index in [0.29, 0.717) is 0 Å². The third-order valence-corrected chi connectivity index (χ3v) is 3.40. The quantitative estimate of drug-likeness (QED) is 0.824. The molecule has 0 aliphatic carbocycles. The van der Waals surface area contributed by atoms with E-state index < -0.39 is 0 Å². The minimum Gasteiger partial charge on any atom is -0.324 e. The van der Waals surface area contributed by atoms with E-state index >= 15 is 0 Å². The van der Waals surface area contributed by atoms with Crippen molar-refractivity contribution in [1.29, 1.82) is 0 Å². The fourth-order valence-corrected chi connectivity index (χ4v) is 2.05. The summed E-state index contributed by atoms with van der Waals surface area (Å²) < 4.78 is 0. The molecule has 0 amide bonds. The van der Waals surface area contributed by atoms with Crippen LogP contribution in [0.2, 0.25) is 5.02 Å². The third kappa shape index (κ3) is 5.36. The Morgan fingerprint density at radius 2 is 1.78 bits per heavy atom. The number of hydrogen-bond acceptors (Lipinski definition) is 3. The van der Waals surface area contributed by atoms with Crippen molar-refractivity contribution in [1.82, 2.24) is 9.80 Å². The Bertz CT molecular complexity index is 355. The summed E-state index contributed by atoms with van der Waals surface area (Å²) in [6.07, 6.45) is 0.924. The predicted molar refractivity (Wildman–Crippen MR) is 79.0 cm³/mol. The van der Waals surface area contributed by atoms with E-state index in [1.165, 1.54) is 0 Å². The van der Waals surface area contributed by atoms with Gasteiger partial charge in [-0.3, -0.25) is 0 Å². The van der Waals surface area contributed by atoms with Gasteiger partial charge in [0.1, 0.15) is 0 Å². The Hall–Kier alpha value is -0.610. The van der Waals surface area contributed by atoms with Gasteiger partial charge >= 0.3 is 0 Å². The minimum atomic E-state index is 0.0144. The molecule has 0 aromatic heterocycles. The molecule has 4 heteroatoms. The number of halogens is 1. The molecule has 0 bridgehead atoms. The van der Waals surface area contributed by atoms with Crippen LogP contribution in [0.5, 0.6) is 0 Å². The molecule has 0 saturated carbocycles. The number of hydrogen-bond donors (Lipinski definition) is 1. The number of nitrogens with two attached hydrogens (primary N) is 1. The average molecular weight is 270 g/mol. The van der Waals surface area contributed by atoms with Crippen LogP contribution in [0.3, 0.4) is 0 Å². The second kappa shape index (κ2) is 7.74. The van der Waals surface area contributed by atoms with E-state index in [0.717, 1.165) is 36.6 Å². The summed E-state index contributed by atoms with van der Waals surface area (Å²) in [5.74, 6) is 0. The van der Waals surface area contributed by atoms with Crippen LogP contribution in [0.1, 0.15) is 18.0 Å². The van der Waals surface area contributed by atoms with E-state index in [9.17, 15) is 0 Å². The van der Waals surface area contributed by atoms with Gasteiger partial charge in [0.25, 0.3) is 0 Å². The highest BCUT2D eigenvalue weighted by atomic mass is 35.5. The van der Waals surface area contributed by atoms with Crippen LogP contribution >= 0.6 is 11.6 Å². The molecule has 0 saturated heterocycles. The van der Waals surface area contributed by atoms with Gasteiger partial charge in [0.2, 0.25) is 0 Å². The predicted octanol–water partition coefficient (Wildman–Crippen LogP) is 2.22. The lowest BCUT2D eigenvalue weighted by molar-refractivity contribution is 0.274. The second-order valence-electron chi connectivity index (χ2n) is 5.02. The Morgan fingerprint density at radius 1 is 1.11 bits per heavy atom. The van der Waals surface area contributed by atoms with E-state index in [1.54, 1.807) is 0 Å². The Morgan fingerprint density at radius 3 is 2.39 bits per heavy atom. The highest BCUT2D eigenvalue weighted by Gasteiger charge is 2.10. The highest BCUT2D eigenvalue weighted by Crippen LogP contribution is 2.22. The van der Waals surface area contributed by atoms with Crippen LogP contribution in [0, 0.1) is 0 Å². The summed E-state index contributed by atoms with van der Waals surface area (Å²) in [7, 11) is 6.30. The third-order valence-electron chi connectivity index (χ3n) is 3.06. The topological polar surface area (TPSA) is 32.5 Å². The minimum absolute atomic E-state index is 0.0144. The van der Waals surface area contributed by atoms with Crippen LogP contribution in [-0.2, 0) is 0 Å². The maximum Gasteiger partial charge on any atom is 0.0453 e. The van der Waals surface area contributed by atoms with Crippen molar-refractivity contribution in [2.24, 2.45) is 5.73 Å². The van der Waals surface area contributed by atoms with Gasteiger partial charge in [0.05, 0.1) is 0 Å². The molecular weight excluding hydrogens is 246 g/mol. The summed E-state index contributed by atoms with van der Waals surface area (Å²) >= 11 is 6.14. The maximum atomic E-state index is 6.18. The Balaban J connectivity index is 2.37. The van der Waals surface area contributed by atoms with Gasteiger partial charge in [0, 0.05) is 24.2 Å². The van der Waals surface area contributed by atoms with Crippen LogP contribution in [0.4, 0.5) is 0 Å². The SMILES string of the molecule is CN(C)CCN(C)CCC(N)c1ccccc1Cl. The van der Waals surface area contributed by atoms with Crippen LogP contribution in [-0.4, -0.2) is 50.6 Å². The molecule has 1 aromatic rings. The summed E-state index contributed by atoms with van der Waals surface area (Å²) in [4.78, 5) is 4.49. The standard InChI is InChI=1S/C14H24ClN3/c1-17(2)10-11-18(3)9-8-14(16)12-6-4-5-7-13(12)15/h4-7,14H,8-11,16H2,1-3H3. The van der Waals surface area contributed by atoms with E-state index in [-0.39, 0.29) is 6.04 Å². The fraction of sp³-hybridized carbons (Fsp3) is 0.571. The summed E-state index contributed by atoms with van der Waals surface area (Å²) in [6, 6.07) is 7.83. The number of likely N-dealkylation sites (N-methyl/N-ethyl adjacent to an activating group) is 2. The molecule has 0 aliphatic rings. The van der Waals surface area contributed by atoms with E-state index in [1.807, 2.05) is 24.3 Å². The van der Waals surface area contributed by atoms with Gasteiger partial charge in [0.15, 0.2) is 0 Å². The molecule has 0 radical (unpaired) electrons. The molecule has 0 heterocycles. The van der Waals surface area contributed by atoms with Crippen molar-refractivity contribution >= 4 is 11.6 Å². The monoisotopic (exact) mass is 269 g/mol. The first-order valence-electron chi connectivity index (χ1n) is 6.34. The van der Waals surface area contributed by atoms with Crippen LogP contribution in [0.15, 0.2) is 24.3 Å². The van der Waals surface area contributed by atoms with Crippen LogP contribution < -0.4 is 5.73 Å². The number of nitrogens with zero attached hydrogens (tertiary/aromatic N) is 2. The second-order valence-corrected chi connectivity index (χ2v) is 5.43. The molecule has 1 unspecified atom stereocenters. The molecule has 2 N–H and O–H groups in total. The molecule has 1 atom stereocenters. The zero-order chi connectivity index (χ0) is 13.5. The van der Waals surface area contributed by atoms with Crippen molar-refractivity contribution < 1.29 is 0 Å². The first-order valence-corrected chi connectivity index (χ1v) is 6.71. The zero-order valence-corrected chi connectivity index (χ0v) is 12.3. The summed E-state index contributed by atoms with van der Waals surface area (Å²) in [5.41, 5.74) is 7.22. The molecular formula is C14H24ClN3. The van der Waals surface area contributed by atoms with Gasteiger partial charge < -0.3 is 15.5 Å². The fourth-order valence-electron chi connectivity index (χ4n) is 1.77. The number of rotatable bonds is 7. The molecule has 0 spiro atoms. The molecule has 0 fully saturated rings. The summed E-state index contributed by atoms with van der Waals surface area (Å²) in [6.45, 7) is 3.11. The molecule has 0 aliphatic heterocycles. The Labute approximate surface area is 116 Å². The van der Waals surface area contributed by atoms with Crippen LogP contribution in [0.25, 0.3) is 0 Å². The molecule has 1 rings (SSSR count). The normalized spacial score (nSPS) is 13.3. The van der Waals surface area contributed by atoms with Crippen molar-refractivity contribution in [2.75, 3.05) is 40.8 Å². The first-order chi connectivity index (χ1) is 8.50. The van der Waals surface area contributed by atoms with Crippen molar-refractivity contribution in [3.63, 3.8) is 0 Å². The highest BCUT2D eigenvalue weighted by molar-refractivity contribution is 6.31. The van der Waals surface area contributed by atoms with Gasteiger partial charge in [-0.05, 0) is 45.7 Å². The average Bonchev–Trinajstić information content (AvgIpc) is 2.34. The number of benzene rings is 1. The zero-order valence-electron chi connectivity index (χ0n) is 11.6. The molecule has 102 valence electrons. The molecule has 18 heavy (non-hydrogen) atoms. The lowest BCUT2D eigenvalue weighted by atomic mass is 10.0. The first kappa shape index (κ1) is 15.4. The van der Waals surface area contributed by atoms with Gasteiger partial charge in [-0.1, -0.05) is 29.8 Å². The van der Waals surface area contributed by atoms with Gasteiger partial charge in [-0.2, -0.15) is 0 Å². The van der Waals surface area contributed by atoms with E-state index in [2.05, 4.69) is 30.9 Å². The lowest BCUT2D eigenvalue weighted by Crippen LogP contribution is -2.30.